The van der Waals surface area contributed by atoms with Crippen molar-refractivity contribution in [3.63, 3.8) is 0 Å². The molecule has 2 aromatic carbocycles. The van der Waals surface area contributed by atoms with Gasteiger partial charge in [-0.15, -0.1) is 11.3 Å². The van der Waals surface area contributed by atoms with Gasteiger partial charge in [-0.1, -0.05) is 29.8 Å². The second-order valence-electron chi connectivity index (χ2n) is 5.43. The Hall–Kier alpha value is -2.74. The Morgan fingerprint density at radius 2 is 1.63 bits per heavy atom. The number of carbonyl (C=O) groups is 2. The van der Waals surface area contributed by atoms with Crippen LogP contribution in [0.2, 0.25) is 5.02 Å². The molecule has 2 amide bonds. The third-order valence-corrected chi connectivity index (χ3v) is 4.74. The van der Waals surface area contributed by atoms with Crippen LogP contribution in [0.5, 0.6) is 0 Å². The van der Waals surface area contributed by atoms with Crippen LogP contribution in [0.4, 0.5) is 11.4 Å². The Morgan fingerprint density at radius 3 is 2.33 bits per heavy atom. The molecule has 0 spiro atoms. The number of anilines is 2. The number of benzene rings is 2. The molecule has 1 aromatic heterocycles. The maximum Gasteiger partial charge on any atom is 0.267 e. The van der Waals surface area contributed by atoms with Crippen LogP contribution in [0, 0.1) is 0 Å². The van der Waals surface area contributed by atoms with Crippen molar-refractivity contribution in [2.75, 3.05) is 10.6 Å². The van der Waals surface area contributed by atoms with Crippen molar-refractivity contribution in [2.24, 2.45) is 0 Å². The van der Waals surface area contributed by atoms with Gasteiger partial charge < -0.3 is 10.6 Å². The van der Waals surface area contributed by atoms with E-state index in [0.29, 0.717) is 26.8 Å². The van der Waals surface area contributed by atoms with Crippen LogP contribution in [0.25, 0.3) is 0 Å². The monoisotopic (exact) mass is 415 g/mol. The molecule has 8 heteroatoms. The van der Waals surface area contributed by atoms with Gasteiger partial charge in [0, 0.05) is 22.0 Å². The molecular weight excluding hydrogens is 402 g/mol. The molecule has 0 aliphatic carbocycles. The first-order chi connectivity index (χ1) is 13.0. The van der Waals surface area contributed by atoms with Gasteiger partial charge in [-0.2, -0.15) is 0 Å². The lowest BCUT2D eigenvalue weighted by Gasteiger charge is -2.11. The molecule has 0 saturated heterocycles. The highest BCUT2D eigenvalue weighted by atomic mass is 35.5. The molecule has 0 atom stereocenters. The molecule has 1 heterocycles. The Balaban J connectivity index is 1.62. The third kappa shape index (κ3) is 5.37. The topological polar surface area (TPSA) is 70.2 Å². The number of carbonyl (C=O) groups excluding carboxylic acids is 2. The minimum Gasteiger partial charge on any atom is -0.332 e. The quantitative estimate of drug-likeness (QED) is 0.536. The summed E-state index contributed by atoms with van der Waals surface area (Å²) >= 11 is 12.4. The normalized spacial score (nSPS) is 10.1. The van der Waals surface area contributed by atoms with E-state index in [1.54, 1.807) is 60.7 Å². The van der Waals surface area contributed by atoms with Gasteiger partial charge in [-0.3, -0.25) is 14.9 Å². The first-order valence-electron chi connectivity index (χ1n) is 7.84. The summed E-state index contributed by atoms with van der Waals surface area (Å²) in [5, 5.41) is 10.8. The highest BCUT2D eigenvalue weighted by molar-refractivity contribution is 7.80. The fourth-order valence-corrected chi connectivity index (χ4v) is 3.26. The highest BCUT2D eigenvalue weighted by Crippen LogP contribution is 2.17. The summed E-state index contributed by atoms with van der Waals surface area (Å²) in [5.41, 5.74) is 1.67. The molecular formula is C19H14ClN3O2S2. The molecule has 3 aromatic rings. The first-order valence-corrected chi connectivity index (χ1v) is 9.51. The van der Waals surface area contributed by atoms with Crippen molar-refractivity contribution in [1.82, 2.24) is 5.32 Å². The van der Waals surface area contributed by atoms with Crippen LogP contribution in [-0.4, -0.2) is 16.9 Å². The van der Waals surface area contributed by atoms with Crippen molar-refractivity contribution in [3.8, 4) is 0 Å². The minimum absolute atomic E-state index is 0.173. The molecule has 0 radical (unpaired) electrons. The molecule has 3 rings (SSSR count). The van der Waals surface area contributed by atoms with E-state index in [0.717, 1.165) is 0 Å². The third-order valence-electron chi connectivity index (χ3n) is 3.44. The second-order valence-corrected chi connectivity index (χ2v) is 7.22. The zero-order valence-corrected chi connectivity index (χ0v) is 16.3. The second kappa shape index (κ2) is 8.77. The number of hydrogen-bond donors (Lipinski definition) is 3. The standard InChI is InChI=1S/C19H14ClN3O2S2/c20-13-5-1-4-12(10-13)17(24)21-14-6-2-7-15(11-14)22-19(26)23-18(25)16-8-3-9-27-16/h1-11H,(H,21,24)(H2,22,23,25,26). The van der Waals surface area contributed by atoms with Crippen LogP contribution in [0.15, 0.2) is 66.0 Å². The molecule has 0 saturated carbocycles. The summed E-state index contributed by atoms with van der Waals surface area (Å²) in [6.45, 7) is 0. The van der Waals surface area contributed by atoms with E-state index in [1.165, 1.54) is 11.3 Å². The van der Waals surface area contributed by atoms with Crippen molar-refractivity contribution < 1.29 is 9.59 Å². The van der Waals surface area contributed by atoms with Crippen LogP contribution in [0.1, 0.15) is 20.0 Å². The summed E-state index contributed by atoms with van der Waals surface area (Å²) in [5.74, 6) is -0.545. The number of amides is 2. The van der Waals surface area contributed by atoms with Gasteiger partial charge in [-0.25, -0.2) is 0 Å². The molecule has 0 bridgehead atoms. The number of thiocarbonyl (C=S) groups is 1. The van der Waals surface area contributed by atoms with Gasteiger partial charge in [0.25, 0.3) is 11.8 Å². The molecule has 27 heavy (non-hydrogen) atoms. The van der Waals surface area contributed by atoms with Crippen molar-refractivity contribution in [3.05, 3.63) is 81.5 Å². The van der Waals surface area contributed by atoms with Crippen LogP contribution < -0.4 is 16.0 Å². The molecule has 0 aliphatic heterocycles. The van der Waals surface area contributed by atoms with Gasteiger partial charge in [-0.05, 0) is 60.1 Å². The van der Waals surface area contributed by atoms with E-state index in [2.05, 4.69) is 16.0 Å². The Morgan fingerprint density at radius 1 is 0.889 bits per heavy atom. The average Bonchev–Trinajstić information content (AvgIpc) is 3.16. The lowest BCUT2D eigenvalue weighted by Crippen LogP contribution is -2.33. The zero-order valence-electron chi connectivity index (χ0n) is 13.9. The zero-order chi connectivity index (χ0) is 19.2. The van der Waals surface area contributed by atoms with Crippen LogP contribution in [-0.2, 0) is 0 Å². The van der Waals surface area contributed by atoms with E-state index in [1.807, 2.05) is 5.38 Å². The van der Waals surface area contributed by atoms with E-state index < -0.39 is 0 Å². The minimum atomic E-state index is -0.275. The van der Waals surface area contributed by atoms with E-state index >= 15 is 0 Å². The summed E-state index contributed by atoms with van der Waals surface area (Å²) in [6, 6.07) is 17.2. The molecule has 136 valence electrons. The van der Waals surface area contributed by atoms with Gasteiger partial charge in [0.1, 0.15) is 0 Å². The van der Waals surface area contributed by atoms with Gasteiger partial charge in [0.2, 0.25) is 0 Å². The van der Waals surface area contributed by atoms with E-state index in [4.69, 9.17) is 23.8 Å². The number of thiophene rings is 1. The molecule has 0 fully saturated rings. The number of rotatable bonds is 4. The van der Waals surface area contributed by atoms with E-state index in [-0.39, 0.29) is 16.9 Å². The summed E-state index contributed by atoms with van der Waals surface area (Å²) < 4.78 is 0. The maximum atomic E-state index is 12.3. The van der Waals surface area contributed by atoms with Gasteiger partial charge >= 0.3 is 0 Å². The smallest absolute Gasteiger partial charge is 0.267 e. The molecule has 3 N–H and O–H groups in total. The predicted octanol–water partition coefficient (Wildman–Crippen LogP) is 4.78. The van der Waals surface area contributed by atoms with Crippen LogP contribution >= 0.6 is 35.2 Å². The lowest BCUT2D eigenvalue weighted by atomic mass is 10.2. The largest absolute Gasteiger partial charge is 0.332 e. The SMILES string of the molecule is O=C(Nc1cccc(NC(=S)NC(=O)c2cccs2)c1)c1cccc(Cl)c1. The number of halogens is 1. The van der Waals surface area contributed by atoms with Crippen molar-refractivity contribution >= 4 is 63.5 Å². The molecule has 0 aliphatic rings. The first kappa shape index (κ1) is 19.0. The maximum absolute atomic E-state index is 12.3. The van der Waals surface area contributed by atoms with E-state index in [9.17, 15) is 9.59 Å². The fourth-order valence-electron chi connectivity index (χ4n) is 2.24. The summed E-state index contributed by atoms with van der Waals surface area (Å²) in [4.78, 5) is 24.9. The average molecular weight is 416 g/mol. The molecule has 0 unspecified atom stereocenters. The number of hydrogen-bond acceptors (Lipinski definition) is 4. The van der Waals surface area contributed by atoms with Crippen molar-refractivity contribution in [2.45, 2.75) is 0 Å². The highest BCUT2D eigenvalue weighted by Gasteiger charge is 2.10. The number of nitrogens with one attached hydrogen (secondary N) is 3. The summed E-state index contributed by atoms with van der Waals surface area (Å²) in [7, 11) is 0. The van der Waals surface area contributed by atoms with Gasteiger partial charge in [0.05, 0.1) is 4.88 Å². The van der Waals surface area contributed by atoms with Crippen molar-refractivity contribution in [1.29, 1.82) is 0 Å². The predicted molar refractivity (Wildman–Crippen MR) is 114 cm³/mol. The molecule has 5 nitrogen and oxygen atoms in total. The Bertz CT molecular complexity index is 990. The fraction of sp³-hybridized carbons (Fsp3) is 0. The Kier molecular flexibility index (Phi) is 6.18. The lowest BCUT2D eigenvalue weighted by molar-refractivity contribution is 0.0980. The summed E-state index contributed by atoms with van der Waals surface area (Å²) in [6.07, 6.45) is 0. The van der Waals surface area contributed by atoms with Crippen LogP contribution in [0.3, 0.4) is 0 Å². The van der Waals surface area contributed by atoms with Gasteiger partial charge in [0.15, 0.2) is 5.11 Å². The Labute approximate surface area is 170 Å².